The van der Waals surface area contributed by atoms with Crippen LogP contribution in [0.3, 0.4) is 0 Å². The van der Waals surface area contributed by atoms with Crippen LogP contribution in [0.1, 0.15) is 5.56 Å². The molecule has 4 heteroatoms. The molecular weight excluding hydrogens is 252 g/mol. The van der Waals surface area contributed by atoms with Crippen molar-refractivity contribution in [1.29, 1.82) is 0 Å². The number of pyridine rings is 1. The second kappa shape index (κ2) is 6.39. The quantitative estimate of drug-likeness (QED) is 0.855. The number of hydrogen-bond acceptors (Lipinski definition) is 4. The normalized spacial score (nSPS) is 15.1. The summed E-state index contributed by atoms with van der Waals surface area (Å²) in [7, 11) is 0. The zero-order valence-electron chi connectivity index (χ0n) is 11.4. The molecule has 20 heavy (non-hydrogen) atoms. The van der Waals surface area contributed by atoms with Gasteiger partial charge in [-0.15, -0.1) is 0 Å². The minimum absolute atomic E-state index is 0.546. The second-order valence-corrected chi connectivity index (χ2v) is 4.73. The minimum Gasteiger partial charge on any atom is -0.473 e. The summed E-state index contributed by atoms with van der Waals surface area (Å²) in [5, 5.41) is 0. The zero-order valence-corrected chi connectivity index (χ0v) is 11.4. The topological polar surface area (TPSA) is 34.6 Å². The molecule has 4 nitrogen and oxygen atoms in total. The number of nitrogens with zero attached hydrogens (tertiary/aromatic N) is 2. The van der Waals surface area contributed by atoms with Gasteiger partial charge in [0.1, 0.15) is 6.61 Å². The summed E-state index contributed by atoms with van der Waals surface area (Å²) in [6.45, 7) is 3.96. The molecule has 2 heterocycles. The summed E-state index contributed by atoms with van der Waals surface area (Å²) in [6, 6.07) is 14.1. The predicted octanol–water partition coefficient (Wildman–Crippen LogP) is 2.50. The molecule has 104 valence electrons. The standard InChI is InChI=1S/C16H18N2O2/c1-2-4-14(5-3-1)13-20-16-7-6-15(12-17-16)18-8-10-19-11-9-18/h1-7,12H,8-11,13H2. The van der Waals surface area contributed by atoms with E-state index in [-0.39, 0.29) is 0 Å². The molecule has 0 aliphatic carbocycles. The highest BCUT2D eigenvalue weighted by Crippen LogP contribution is 2.18. The monoisotopic (exact) mass is 270 g/mol. The van der Waals surface area contributed by atoms with Gasteiger partial charge >= 0.3 is 0 Å². The van der Waals surface area contributed by atoms with Crippen molar-refractivity contribution >= 4 is 5.69 Å². The van der Waals surface area contributed by atoms with E-state index in [4.69, 9.17) is 9.47 Å². The number of aromatic nitrogens is 1. The Bertz CT molecular complexity index is 522. The number of hydrogen-bond donors (Lipinski definition) is 0. The lowest BCUT2D eigenvalue weighted by atomic mass is 10.2. The van der Waals surface area contributed by atoms with Gasteiger partial charge < -0.3 is 14.4 Å². The van der Waals surface area contributed by atoms with E-state index < -0.39 is 0 Å². The van der Waals surface area contributed by atoms with Crippen molar-refractivity contribution in [2.24, 2.45) is 0 Å². The van der Waals surface area contributed by atoms with Crippen molar-refractivity contribution in [3.63, 3.8) is 0 Å². The van der Waals surface area contributed by atoms with E-state index in [1.165, 1.54) is 0 Å². The maximum absolute atomic E-state index is 5.68. The molecule has 2 aromatic rings. The van der Waals surface area contributed by atoms with Crippen molar-refractivity contribution in [2.45, 2.75) is 6.61 Å². The Labute approximate surface area is 119 Å². The highest BCUT2D eigenvalue weighted by atomic mass is 16.5. The number of morpholine rings is 1. The molecule has 1 aliphatic heterocycles. The fraction of sp³-hybridized carbons (Fsp3) is 0.312. The third kappa shape index (κ3) is 3.27. The largest absolute Gasteiger partial charge is 0.473 e. The van der Waals surface area contributed by atoms with Gasteiger partial charge in [0.25, 0.3) is 0 Å². The van der Waals surface area contributed by atoms with Crippen LogP contribution in [0.25, 0.3) is 0 Å². The molecule has 0 saturated carbocycles. The van der Waals surface area contributed by atoms with E-state index in [0.717, 1.165) is 37.6 Å². The Hall–Kier alpha value is -2.07. The molecule has 0 bridgehead atoms. The van der Waals surface area contributed by atoms with Crippen molar-refractivity contribution < 1.29 is 9.47 Å². The van der Waals surface area contributed by atoms with Crippen molar-refractivity contribution in [3.05, 3.63) is 54.2 Å². The van der Waals surface area contributed by atoms with Gasteiger partial charge in [-0.25, -0.2) is 4.98 Å². The SMILES string of the molecule is c1ccc(COc2ccc(N3CCOCC3)cn2)cc1. The van der Waals surface area contributed by atoms with E-state index in [0.29, 0.717) is 12.5 Å². The molecule has 0 N–H and O–H groups in total. The summed E-state index contributed by atoms with van der Waals surface area (Å²) in [5.74, 6) is 0.658. The van der Waals surface area contributed by atoms with E-state index >= 15 is 0 Å². The molecule has 1 fully saturated rings. The molecule has 1 saturated heterocycles. The Balaban J connectivity index is 1.58. The van der Waals surface area contributed by atoms with E-state index in [1.807, 2.05) is 42.6 Å². The maximum atomic E-state index is 5.68. The van der Waals surface area contributed by atoms with Crippen LogP contribution in [0.4, 0.5) is 5.69 Å². The molecule has 1 aromatic carbocycles. The van der Waals surface area contributed by atoms with Crippen LogP contribution in [-0.2, 0) is 11.3 Å². The zero-order chi connectivity index (χ0) is 13.6. The predicted molar refractivity (Wildman–Crippen MR) is 78.0 cm³/mol. The van der Waals surface area contributed by atoms with Crippen LogP contribution >= 0.6 is 0 Å². The van der Waals surface area contributed by atoms with Gasteiger partial charge in [0.2, 0.25) is 5.88 Å². The number of rotatable bonds is 4. The van der Waals surface area contributed by atoms with Crippen molar-refractivity contribution in [1.82, 2.24) is 4.98 Å². The first-order valence-electron chi connectivity index (χ1n) is 6.87. The molecule has 1 aromatic heterocycles. The first-order valence-corrected chi connectivity index (χ1v) is 6.87. The highest BCUT2D eigenvalue weighted by Gasteiger charge is 2.11. The number of anilines is 1. The van der Waals surface area contributed by atoms with Crippen LogP contribution in [-0.4, -0.2) is 31.3 Å². The summed E-state index contributed by atoms with van der Waals surface area (Å²) < 4.78 is 11.0. The van der Waals surface area contributed by atoms with Crippen LogP contribution in [0.15, 0.2) is 48.7 Å². The Kier molecular flexibility index (Phi) is 4.13. The molecule has 1 aliphatic rings. The number of benzene rings is 1. The summed E-state index contributed by atoms with van der Waals surface area (Å²) in [4.78, 5) is 6.64. The second-order valence-electron chi connectivity index (χ2n) is 4.73. The maximum Gasteiger partial charge on any atom is 0.213 e. The van der Waals surface area contributed by atoms with Gasteiger partial charge in [-0.2, -0.15) is 0 Å². The van der Waals surface area contributed by atoms with Crippen LogP contribution < -0.4 is 9.64 Å². The van der Waals surface area contributed by atoms with Crippen LogP contribution in [0.5, 0.6) is 5.88 Å². The average Bonchev–Trinajstić information content (AvgIpc) is 2.55. The lowest BCUT2D eigenvalue weighted by Gasteiger charge is -2.28. The summed E-state index contributed by atoms with van der Waals surface area (Å²) in [5.41, 5.74) is 2.27. The third-order valence-electron chi connectivity index (χ3n) is 3.33. The summed E-state index contributed by atoms with van der Waals surface area (Å²) >= 11 is 0. The number of ether oxygens (including phenoxy) is 2. The Morgan fingerprint density at radius 3 is 2.55 bits per heavy atom. The van der Waals surface area contributed by atoms with Gasteiger partial charge in [0.05, 0.1) is 25.1 Å². The molecular formula is C16H18N2O2. The van der Waals surface area contributed by atoms with Gasteiger partial charge in [0, 0.05) is 19.2 Å². The highest BCUT2D eigenvalue weighted by molar-refractivity contribution is 5.45. The summed E-state index contributed by atoms with van der Waals surface area (Å²) in [6.07, 6.45) is 1.87. The third-order valence-corrected chi connectivity index (χ3v) is 3.33. The molecule has 0 atom stereocenters. The Morgan fingerprint density at radius 1 is 1.05 bits per heavy atom. The molecule has 0 spiro atoms. The lowest BCUT2D eigenvalue weighted by Crippen LogP contribution is -2.36. The van der Waals surface area contributed by atoms with Crippen LogP contribution in [0, 0.1) is 0 Å². The van der Waals surface area contributed by atoms with Gasteiger partial charge in [-0.05, 0) is 11.6 Å². The van der Waals surface area contributed by atoms with E-state index in [2.05, 4.69) is 16.0 Å². The smallest absolute Gasteiger partial charge is 0.213 e. The first-order chi connectivity index (χ1) is 9.92. The van der Waals surface area contributed by atoms with Crippen molar-refractivity contribution in [3.8, 4) is 5.88 Å². The fourth-order valence-corrected chi connectivity index (χ4v) is 2.20. The fourth-order valence-electron chi connectivity index (χ4n) is 2.20. The minimum atomic E-state index is 0.546. The van der Waals surface area contributed by atoms with Crippen molar-refractivity contribution in [2.75, 3.05) is 31.2 Å². The molecule has 0 amide bonds. The lowest BCUT2D eigenvalue weighted by molar-refractivity contribution is 0.122. The Morgan fingerprint density at radius 2 is 1.85 bits per heavy atom. The molecule has 3 rings (SSSR count). The molecule has 0 radical (unpaired) electrons. The van der Waals surface area contributed by atoms with E-state index in [1.54, 1.807) is 0 Å². The molecule has 0 unspecified atom stereocenters. The van der Waals surface area contributed by atoms with E-state index in [9.17, 15) is 0 Å². The van der Waals surface area contributed by atoms with Gasteiger partial charge in [-0.1, -0.05) is 30.3 Å². The first kappa shape index (κ1) is 12.9. The average molecular weight is 270 g/mol. The van der Waals surface area contributed by atoms with Gasteiger partial charge in [-0.3, -0.25) is 0 Å². The van der Waals surface area contributed by atoms with Gasteiger partial charge in [0.15, 0.2) is 0 Å². The van der Waals surface area contributed by atoms with Crippen LogP contribution in [0.2, 0.25) is 0 Å².